The lowest BCUT2D eigenvalue weighted by Crippen LogP contribution is -2.41. The molecule has 0 atom stereocenters. The molecule has 0 saturated carbocycles. The van der Waals surface area contributed by atoms with E-state index in [-0.39, 0.29) is 11.7 Å². The number of rotatable bonds is 3. The summed E-state index contributed by atoms with van der Waals surface area (Å²) < 4.78 is 0. The third-order valence-corrected chi connectivity index (χ3v) is 4.90. The third kappa shape index (κ3) is 3.16. The molecule has 0 spiro atoms. The van der Waals surface area contributed by atoms with Gasteiger partial charge in [-0.05, 0) is 56.9 Å². The number of amides is 1. The molecule has 0 bridgehead atoms. The maximum absolute atomic E-state index is 12.4. The summed E-state index contributed by atoms with van der Waals surface area (Å²) in [7, 11) is 0. The summed E-state index contributed by atoms with van der Waals surface area (Å²) in [4.78, 5) is 28.1. The Labute approximate surface area is 132 Å². The van der Waals surface area contributed by atoms with Crippen molar-refractivity contribution < 1.29 is 9.59 Å². The summed E-state index contributed by atoms with van der Waals surface area (Å²) in [6.45, 7) is 5.33. The van der Waals surface area contributed by atoms with Gasteiger partial charge in [0.25, 0.3) is 0 Å². The van der Waals surface area contributed by atoms with Crippen LogP contribution in [0.25, 0.3) is 0 Å². The van der Waals surface area contributed by atoms with Gasteiger partial charge in [0, 0.05) is 43.3 Å². The van der Waals surface area contributed by atoms with Crippen LogP contribution in [-0.4, -0.2) is 42.8 Å². The molecule has 0 N–H and O–H groups in total. The van der Waals surface area contributed by atoms with Crippen molar-refractivity contribution in [2.24, 2.45) is 5.92 Å². The number of benzene rings is 1. The molecule has 4 nitrogen and oxygen atoms in total. The third-order valence-electron chi connectivity index (χ3n) is 4.90. The lowest BCUT2D eigenvalue weighted by molar-refractivity contribution is -0.135. The molecule has 1 amide bonds. The van der Waals surface area contributed by atoms with Crippen molar-refractivity contribution in [1.29, 1.82) is 0 Å². The van der Waals surface area contributed by atoms with Gasteiger partial charge in [-0.3, -0.25) is 9.59 Å². The summed E-state index contributed by atoms with van der Waals surface area (Å²) in [6, 6.07) is 7.80. The fourth-order valence-corrected chi connectivity index (χ4v) is 3.49. The Kier molecular flexibility index (Phi) is 4.46. The first-order chi connectivity index (χ1) is 10.6. The number of carbonyl (C=O) groups excluding carboxylic acids is 2. The van der Waals surface area contributed by atoms with E-state index in [1.165, 1.54) is 0 Å². The van der Waals surface area contributed by atoms with E-state index in [2.05, 4.69) is 4.90 Å². The van der Waals surface area contributed by atoms with Gasteiger partial charge in [-0.25, -0.2) is 0 Å². The molecule has 2 saturated heterocycles. The van der Waals surface area contributed by atoms with Gasteiger partial charge >= 0.3 is 0 Å². The highest BCUT2D eigenvalue weighted by atomic mass is 16.2. The molecular weight excluding hydrogens is 276 g/mol. The minimum absolute atomic E-state index is 0.0986. The largest absolute Gasteiger partial charge is 0.371 e. The van der Waals surface area contributed by atoms with Crippen molar-refractivity contribution in [2.45, 2.75) is 32.6 Å². The van der Waals surface area contributed by atoms with Crippen LogP contribution >= 0.6 is 0 Å². The average Bonchev–Trinajstić information content (AvgIpc) is 3.09. The van der Waals surface area contributed by atoms with Gasteiger partial charge in [0.05, 0.1) is 0 Å². The van der Waals surface area contributed by atoms with Crippen molar-refractivity contribution >= 4 is 17.4 Å². The van der Waals surface area contributed by atoms with Crippen LogP contribution in [0.4, 0.5) is 5.69 Å². The Bertz CT molecular complexity index is 539. The number of nitrogens with zero attached hydrogens (tertiary/aromatic N) is 2. The van der Waals surface area contributed by atoms with E-state index in [0.29, 0.717) is 5.91 Å². The average molecular weight is 300 g/mol. The topological polar surface area (TPSA) is 40.6 Å². The highest BCUT2D eigenvalue weighted by Gasteiger charge is 2.29. The van der Waals surface area contributed by atoms with E-state index in [4.69, 9.17) is 0 Å². The summed E-state index contributed by atoms with van der Waals surface area (Å²) in [6.07, 6.45) is 4.19. The number of likely N-dealkylation sites (tertiary alicyclic amines) is 1. The fourth-order valence-electron chi connectivity index (χ4n) is 3.49. The van der Waals surface area contributed by atoms with Gasteiger partial charge in [0.1, 0.15) is 0 Å². The lowest BCUT2D eigenvalue weighted by Gasteiger charge is -2.34. The van der Waals surface area contributed by atoms with Crippen LogP contribution < -0.4 is 4.90 Å². The first kappa shape index (κ1) is 15.1. The Morgan fingerprint density at radius 1 is 0.955 bits per heavy atom. The van der Waals surface area contributed by atoms with Crippen LogP contribution in [0.3, 0.4) is 0 Å². The highest BCUT2D eigenvalue weighted by Crippen LogP contribution is 2.26. The molecule has 0 aromatic heterocycles. The number of hydrogen-bond acceptors (Lipinski definition) is 3. The molecule has 0 aliphatic carbocycles. The Balaban J connectivity index is 1.57. The maximum atomic E-state index is 12.4. The molecule has 118 valence electrons. The van der Waals surface area contributed by atoms with Gasteiger partial charge < -0.3 is 9.80 Å². The van der Waals surface area contributed by atoms with Gasteiger partial charge in [-0.1, -0.05) is 0 Å². The summed E-state index contributed by atoms with van der Waals surface area (Å²) in [5, 5.41) is 0. The van der Waals surface area contributed by atoms with E-state index in [1.54, 1.807) is 6.92 Å². The first-order valence-corrected chi connectivity index (χ1v) is 8.30. The number of anilines is 1. The summed E-state index contributed by atoms with van der Waals surface area (Å²) in [5.41, 5.74) is 1.90. The Morgan fingerprint density at radius 2 is 1.55 bits per heavy atom. The molecule has 1 aromatic carbocycles. The molecule has 2 fully saturated rings. The zero-order valence-corrected chi connectivity index (χ0v) is 13.3. The van der Waals surface area contributed by atoms with E-state index in [0.717, 1.165) is 63.1 Å². The number of piperidine rings is 1. The molecular formula is C18H24N2O2. The minimum atomic E-state index is 0.0986. The minimum Gasteiger partial charge on any atom is -0.371 e. The number of carbonyl (C=O) groups is 2. The molecule has 4 heteroatoms. The Morgan fingerprint density at radius 3 is 2.09 bits per heavy atom. The second-order valence-corrected chi connectivity index (χ2v) is 6.40. The first-order valence-electron chi connectivity index (χ1n) is 8.30. The van der Waals surface area contributed by atoms with E-state index >= 15 is 0 Å². The fraction of sp³-hybridized carbons (Fsp3) is 0.556. The van der Waals surface area contributed by atoms with Crippen LogP contribution in [-0.2, 0) is 4.79 Å². The standard InChI is InChI=1S/C18H24N2O2/c1-14(21)15-4-6-17(7-5-15)19-12-8-16(9-13-19)18(22)20-10-2-3-11-20/h4-7,16H,2-3,8-13H2,1H3. The molecule has 0 radical (unpaired) electrons. The van der Waals surface area contributed by atoms with E-state index in [1.807, 2.05) is 29.2 Å². The number of hydrogen-bond donors (Lipinski definition) is 0. The second-order valence-electron chi connectivity index (χ2n) is 6.40. The predicted molar refractivity (Wildman–Crippen MR) is 87.2 cm³/mol. The summed E-state index contributed by atoms with van der Waals surface area (Å²) >= 11 is 0. The summed E-state index contributed by atoms with van der Waals surface area (Å²) in [5.74, 6) is 0.663. The Hall–Kier alpha value is -1.84. The monoisotopic (exact) mass is 300 g/mol. The molecule has 2 heterocycles. The predicted octanol–water partition coefficient (Wildman–Crippen LogP) is 2.73. The molecule has 3 rings (SSSR count). The normalized spacial score (nSPS) is 19.5. The number of ketones is 1. The SMILES string of the molecule is CC(=O)c1ccc(N2CCC(C(=O)N3CCCC3)CC2)cc1. The second kappa shape index (κ2) is 6.51. The van der Waals surface area contributed by atoms with Gasteiger partial charge in [-0.2, -0.15) is 0 Å². The van der Waals surface area contributed by atoms with Crippen LogP contribution in [0, 0.1) is 5.92 Å². The lowest BCUT2D eigenvalue weighted by atomic mass is 9.95. The van der Waals surface area contributed by atoms with Crippen LogP contribution in [0.1, 0.15) is 43.0 Å². The van der Waals surface area contributed by atoms with Crippen molar-refractivity contribution in [2.75, 3.05) is 31.1 Å². The molecule has 22 heavy (non-hydrogen) atoms. The smallest absolute Gasteiger partial charge is 0.225 e. The molecule has 2 aliphatic rings. The van der Waals surface area contributed by atoms with Gasteiger partial charge in [0.2, 0.25) is 5.91 Å². The number of Topliss-reactive ketones (excluding diaryl/α,β-unsaturated/α-hetero) is 1. The zero-order valence-electron chi connectivity index (χ0n) is 13.3. The van der Waals surface area contributed by atoms with Crippen molar-refractivity contribution in [3.8, 4) is 0 Å². The quantitative estimate of drug-likeness (QED) is 0.806. The van der Waals surface area contributed by atoms with Gasteiger partial charge in [-0.15, -0.1) is 0 Å². The maximum Gasteiger partial charge on any atom is 0.225 e. The molecule has 1 aromatic rings. The van der Waals surface area contributed by atoms with Crippen LogP contribution in [0.15, 0.2) is 24.3 Å². The van der Waals surface area contributed by atoms with Gasteiger partial charge in [0.15, 0.2) is 5.78 Å². The molecule has 2 aliphatic heterocycles. The highest BCUT2D eigenvalue weighted by molar-refractivity contribution is 5.94. The van der Waals surface area contributed by atoms with Crippen molar-refractivity contribution in [3.05, 3.63) is 29.8 Å². The molecule has 0 unspecified atom stereocenters. The van der Waals surface area contributed by atoms with E-state index < -0.39 is 0 Å². The van der Waals surface area contributed by atoms with E-state index in [9.17, 15) is 9.59 Å². The zero-order chi connectivity index (χ0) is 15.5. The van der Waals surface area contributed by atoms with Crippen molar-refractivity contribution in [1.82, 2.24) is 4.90 Å². The van der Waals surface area contributed by atoms with Crippen LogP contribution in [0.2, 0.25) is 0 Å². The van der Waals surface area contributed by atoms with Crippen molar-refractivity contribution in [3.63, 3.8) is 0 Å². The van der Waals surface area contributed by atoms with Crippen LogP contribution in [0.5, 0.6) is 0 Å².